The lowest BCUT2D eigenvalue weighted by Crippen LogP contribution is -2.60. The van der Waals surface area contributed by atoms with Crippen molar-refractivity contribution in [3.8, 4) is 0 Å². The third kappa shape index (κ3) is 38.4. The highest BCUT2D eigenvalue weighted by Crippen LogP contribution is 2.23. The zero-order chi connectivity index (χ0) is 50.3. The second kappa shape index (κ2) is 48.4. The number of amides is 1. The van der Waals surface area contributed by atoms with Crippen LogP contribution in [0.3, 0.4) is 0 Å². The predicted molar refractivity (Wildman–Crippen MR) is 283 cm³/mol. The molecule has 7 unspecified atom stereocenters. The first-order valence-corrected chi connectivity index (χ1v) is 29.1. The standard InChI is InChI=1S/C58H109NO10/c1-3-5-7-9-11-13-14-22-26-30-34-38-42-46-54(63)67-47-43-39-35-31-27-24-21-19-17-15-16-18-20-23-25-29-33-37-41-45-53(62)59-50(51(61)44-40-36-32-28-12-10-8-6-4-2)49-68-58-57(66)56(65)55(64)52(48-60)69-58/h15-16,40,44,50-52,55-58,60-61,64-66H,3-14,17-39,41-43,45-49H2,1-2H3,(H,59,62)/b16-15-,44-40+. The molecule has 1 aliphatic rings. The molecule has 11 heteroatoms. The van der Waals surface area contributed by atoms with Gasteiger partial charge in [0.05, 0.1) is 32.0 Å². The molecule has 406 valence electrons. The number of rotatable bonds is 50. The number of ether oxygens (including phenoxy) is 3. The Labute approximate surface area is 422 Å². The van der Waals surface area contributed by atoms with Crippen LogP contribution in [0.15, 0.2) is 24.3 Å². The fraction of sp³-hybridized carbons (Fsp3) is 0.897. The number of hydrogen-bond acceptors (Lipinski definition) is 10. The van der Waals surface area contributed by atoms with Crippen molar-refractivity contribution in [3.05, 3.63) is 24.3 Å². The molecule has 1 saturated heterocycles. The van der Waals surface area contributed by atoms with Gasteiger partial charge in [0, 0.05) is 12.8 Å². The van der Waals surface area contributed by atoms with Gasteiger partial charge in [-0.2, -0.15) is 0 Å². The number of aliphatic hydroxyl groups excluding tert-OH is 5. The molecule has 0 aromatic rings. The quantitative estimate of drug-likeness (QED) is 0.0196. The molecule has 0 aromatic heterocycles. The Morgan fingerprint density at radius 2 is 0.928 bits per heavy atom. The summed E-state index contributed by atoms with van der Waals surface area (Å²) in [4.78, 5) is 25.0. The zero-order valence-corrected chi connectivity index (χ0v) is 44.5. The summed E-state index contributed by atoms with van der Waals surface area (Å²) in [7, 11) is 0. The topological polar surface area (TPSA) is 175 Å². The third-order valence-electron chi connectivity index (χ3n) is 13.8. The molecular weight excluding hydrogens is 871 g/mol. The molecule has 0 bridgehead atoms. The minimum Gasteiger partial charge on any atom is -0.466 e. The first-order chi connectivity index (χ1) is 33.7. The summed E-state index contributed by atoms with van der Waals surface area (Å²) in [6.45, 7) is 4.30. The number of carbonyl (C=O) groups excluding carboxylic acids is 2. The maximum Gasteiger partial charge on any atom is 0.305 e. The number of allylic oxidation sites excluding steroid dienone is 3. The van der Waals surface area contributed by atoms with Gasteiger partial charge in [-0.05, 0) is 57.8 Å². The maximum atomic E-state index is 13.0. The van der Waals surface area contributed by atoms with E-state index in [9.17, 15) is 35.1 Å². The van der Waals surface area contributed by atoms with Crippen molar-refractivity contribution in [1.82, 2.24) is 5.32 Å². The molecule has 0 aromatic carbocycles. The number of nitrogens with one attached hydrogen (secondary N) is 1. The highest BCUT2D eigenvalue weighted by molar-refractivity contribution is 5.76. The van der Waals surface area contributed by atoms with Crippen LogP contribution in [-0.4, -0.2) is 100 Å². The van der Waals surface area contributed by atoms with Gasteiger partial charge in [0.25, 0.3) is 0 Å². The summed E-state index contributed by atoms with van der Waals surface area (Å²) < 4.78 is 16.7. The zero-order valence-electron chi connectivity index (χ0n) is 44.5. The van der Waals surface area contributed by atoms with Gasteiger partial charge in [-0.1, -0.05) is 224 Å². The summed E-state index contributed by atoms with van der Waals surface area (Å²) in [5.41, 5.74) is 0. The highest BCUT2D eigenvalue weighted by Gasteiger charge is 2.44. The lowest BCUT2D eigenvalue weighted by Gasteiger charge is -2.40. The molecule has 1 rings (SSSR count). The average Bonchev–Trinajstić information content (AvgIpc) is 3.34. The molecule has 0 spiro atoms. The smallest absolute Gasteiger partial charge is 0.305 e. The van der Waals surface area contributed by atoms with Crippen molar-refractivity contribution in [2.75, 3.05) is 19.8 Å². The highest BCUT2D eigenvalue weighted by atomic mass is 16.7. The van der Waals surface area contributed by atoms with Crippen molar-refractivity contribution in [2.45, 2.75) is 314 Å². The van der Waals surface area contributed by atoms with Gasteiger partial charge >= 0.3 is 5.97 Å². The molecule has 0 aliphatic carbocycles. The van der Waals surface area contributed by atoms with Gasteiger partial charge in [0.15, 0.2) is 6.29 Å². The van der Waals surface area contributed by atoms with Gasteiger partial charge in [-0.25, -0.2) is 0 Å². The maximum absolute atomic E-state index is 13.0. The largest absolute Gasteiger partial charge is 0.466 e. The molecule has 69 heavy (non-hydrogen) atoms. The molecule has 1 heterocycles. The molecule has 7 atom stereocenters. The molecule has 1 aliphatic heterocycles. The van der Waals surface area contributed by atoms with Crippen LogP contribution in [0.1, 0.15) is 271 Å². The number of esters is 1. The van der Waals surface area contributed by atoms with Crippen molar-refractivity contribution in [1.29, 1.82) is 0 Å². The van der Waals surface area contributed by atoms with Gasteiger partial charge in [-0.15, -0.1) is 0 Å². The van der Waals surface area contributed by atoms with Gasteiger partial charge in [0.1, 0.15) is 24.4 Å². The predicted octanol–water partition coefficient (Wildman–Crippen LogP) is 12.9. The fourth-order valence-electron chi connectivity index (χ4n) is 9.13. The van der Waals surface area contributed by atoms with Crippen LogP contribution in [0.4, 0.5) is 0 Å². The summed E-state index contributed by atoms with van der Waals surface area (Å²) in [5.74, 6) is -0.203. The normalized spacial score (nSPS) is 19.4. The van der Waals surface area contributed by atoms with Gasteiger partial charge < -0.3 is 45.1 Å². The van der Waals surface area contributed by atoms with Crippen LogP contribution in [0.2, 0.25) is 0 Å². The molecule has 1 fully saturated rings. The molecule has 0 saturated carbocycles. The van der Waals surface area contributed by atoms with E-state index in [2.05, 4.69) is 31.3 Å². The van der Waals surface area contributed by atoms with E-state index in [1.807, 2.05) is 6.08 Å². The Hall–Kier alpha value is -1.86. The Bertz CT molecular complexity index is 1200. The van der Waals surface area contributed by atoms with E-state index in [4.69, 9.17) is 14.2 Å². The van der Waals surface area contributed by atoms with E-state index >= 15 is 0 Å². The average molecular weight is 981 g/mol. The van der Waals surface area contributed by atoms with Crippen LogP contribution < -0.4 is 5.32 Å². The van der Waals surface area contributed by atoms with Crippen molar-refractivity contribution in [2.24, 2.45) is 0 Å². The molecule has 0 radical (unpaired) electrons. The monoisotopic (exact) mass is 980 g/mol. The third-order valence-corrected chi connectivity index (χ3v) is 13.8. The van der Waals surface area contributed by atoms with E-state index in [-0.39, 0.29) is 18.5 Å². The van der Waals surface area contributed by atoms with Crippen LogP contribution in [-0.2, 0) is 23.8 Å². The van der Waals surface area contributed by atoms with Crippen molar-refractivity contribution in [3.63, 3.8) is 0 Å². The number of unbranched alkanes of at least 4 members (excludes halogenated alkanes) is 34. The fourth-order valence-corrected chi connectivity index (χ4v) is 9.13. The van der Waals surface area contributed by atoms with Gasteiger partial charge in [-0.3, -0.25) is 9.59 Å². The van der Waals surface area contributed by atoms with E-state index < -0.39 is 49.5 Å². The Morgan fingerprint density at radius 1 is 0.522 bits per heavy atom. The van der Waals surface area contributed by atoms with Crippen molar-refractivity contribution < 1.29 is 49.3 Å². The lowest BCUT2D eigenvalue weighted by atomic mass is 9.99. The van der Waals surface area contributed by atoms with E-state index in [1.54, 1.807) is 6.08 Å². The molecular formula is C58H109NO10. The van der Waals surface area contributed by atoms with Crippen molar-refractivity contribution >= 4 is 11.9 Å². The Kier molecular flexibility index (Phi) is 45.7. The Balaban J connectivity index is 2.05. The van der Waals surface area contributed by atoms with Crippen LogP contribution in [0, 0.1) is 0 Å². The second-order valence-electron chi connectivity index (χ2n) is 20.3. The Morgan fingerprint density at radius 3 is 1.39 bits per heavy atom. The first kappa shape index (κ1) is 65.2. The number of aliphatic hydroxyl groups is 5. The number of hydrogen-bond donors (Lipinski definition) is 6. The van der Waals surface area contributed by atoms with E-state index in [0.717, 1.165) is 77.0 Å². The van der Waals surface area contributed by atoms with Crippen LogP contribution >= 0.6 is 0 Å². The minimum absolute atomic E-state index is 0.00953. The summed E-state index contributed by atoms with van der Waals surface area (Å²) in [5, 5.41) is 54.2. The van der Waals surface area contributed by atoms with E-state index in [0.29, 0.717) is 19.4 Å². The second-order valence-corrected chi connectivity index (χ2v) is 20.3. The lowest BCUT2D eigenvalue weighted by molar-refractivity contribution is -0.302. The molecule has 11 nitrogen and oxygen atoms in total. The summed E-state index contributed by atoms with van der Waals surface area (Å²) in [6, 6.07) is -0.815. The molecule has 1 amide bonds. The SMILES string of the molecule is CCCCCCCCC/C=C/C(O)C(COC1OC(CO)C(O)C(O)C1O)NC(=O)CCCCCCCCC/C=C\CCCCCCCCCCOC(=O)CCCCCCCCCCCCCCC. The van der Waals surface area contributed by atoms with Crippen LogP contribution in [0.5, 0.6) is 0 Å². The summed E-state index contributed by atoms with van der Waals surface area (Å²) in [6.07, 6.45) is 47.1. The summed E-state index contributed by atoms with van der Waals surface area (Å²) >= 11 is 0. The first-order valence-electron chi connectivity index (χ1n) is 29.1. The molecule has 6 N–H and O–H groups in total. The van der Waals surface area contributed by atoms with Crippen LogP contribution in [0.25, 0.3) is 0 Å². The van der Waals surface area contributed by atoms with Gasteiger partial charge in [0.2, 0.25) is 5.91 Å². The number of carbonyl (C=O) groups is 2. The van der Waals surface area contributed by atoms with E-state index in [1.165, 1.54) is 167 Å². The minimum atomic E-state index is -1.57.